The van der Waals surface area contributed by atoms with E-state index in [0.29, 0.717) is 29.4 Å². The third-order valence-corrected chi connectivity index (χ3v) is 2.88. The molecule has 1 aliphatic rings. The number of aliphatic hydroxyl groups excluding tert-OH is 1. The van der Waals surface area contributed by atoms with Crippen LogP contribution in [-0.2, 0) is 20.3 Å². The molecule has 3 rings (SSSR count). The maximum atomic E-state index is 9.36. The van der Waals surface area contributed by atoms with E-state index in [1.807, 2.05) is 13.2 Å². The molecule has 2 heterocycles. The zero-order valence-corrected chi connectivity index (χ0v) is 10.5. The van der Waals surface area contributed by atoms with Crippen molar-refractivity contribution in [3.05, 3.63) is 35.7 Å². The van der Waals surface area contributed by atoms with Gasteiger partial charge in [-0.2, -0.15) is 5.10 Å². The van der Waals surface area contributed by atoms with E-state index in [2.05, 4.69) is 5.10 Å². The van der Waals surface area contributed by atoms with E-state index < -0.39 is 0 Å². The summed E-state index contributed by atoms with van der Waals surface area (Å²) >= 11 is 0. The first-order chi connectivity index (χ1) is 9.26. The second kappa shape index (κ2) is 4.81. The number of aliphatic hydroxyl groups is 1. The van der Waals surface area contributed by atoms with E-state index in [1.165, 1.54) is 0 Å². The molecule has 6 heteroatoms. The number of benzene rings is 1. The van der Waals surface area contributed by atoms with Crippen LogP contribution in [0.15, 0.2) is 24.5 Å². The topological polar surface area (TPSA) is 65.7 Å². The van der Waals surface area contributed by atoms with Crippen LogP contribution in [0.3, 0.4) is 0 Å². The Morgan fingerprint density at radius 3 is 2.84 bits per heavy atom. The van der Waals surface area contributed by atoms with Crippen LogP contribution >= 0.6 is 0 Å². The van der Waals surface area contributed by atoms with Crippen molar-refractivity contribution in [2.45, 2.75) is 13.2 Å². The summed E-state index contributed by atoms with van der Waals surface area (Å²) in [6, 6.07) is 3.48. The second-order valence-corrected chi connectivity index (χ2v) is 4.28. The van der Waals surface area contributed by atoms with Crippen molar-refractivity contribution in [1.82, 2.24) is 9.78 Å². The van der Waals surface area contributed by atoms with Gasteiger partial charge in [0.1, 0.15) is 12.4 Å². The highest BCUT2D eigenvalue weighted by Gasteiger charge is 2.17. The third kappa shape index (κ3) is 2.34. The number of aromatic nitrogens is 2. The molecule has 2 aromatic rings. The fourth-order valence-corrected chi connectivity index (χ4v) is 1.93. The van der Waals surface area contributed by atoms with E-state index in [1.54, 1.807) is 23.0 Å². The second-order valence-electron chi connectivity index (χ2n) is 4.28. The van der Waals surface area contributed by atoms with E-state index in [4.69, 9.17) is 14.2 Å². The molecular formula is C13H14N2O4. The molecule has 1 N–H and O–H groups in total. The normalized spacial score (nSPS) is 12.7. The van der Waals surface area contributed by atoms with Crippen LogP contribution < -0.4 is 14.2 Å². The van der Waals surface area contributed by atoms with E-state index in [0.717, 1.165) is 5.56 Å². The monoisotopic (exact) mass is 262 g/mol. The van der Waals surface area contributed by atoms with Crippen LogP contribution in [0.2, 0.25) is 0 Å². The molecular weight excluding hydrogens is 248 g/mol. The predicted molar refractivity (Wildman–Crippen MR) is 66.0 cm³/mol. The fraction of sp³-hybridized carbons (Fsp3) is 0.308. The van der Waals surface area contributed by atoms with E-state index in [-0.39, 0.29) is 13.4 Å². The molecule has 0 saturated carbocycles. The van der Waals surface area contributed by atoms with Gasteiger partial charge in [0.15, 0.2) is 11.5 Å². The lowest BCUT2D eigenvalue weighted by Gasteiger charge is -2.10. The molecule has 0 fully saturated rings. The number of hydrogen-bond acceptors (Lipinski definition) is 5. The lowest BCUT2D eigenvalue weighted by Crippen LogP contribution is -1.98. The Hall–Kier alpha value is -2.21. The summed E-state index contributed by atoms with van der Waals surface area (Å²) < 4.78 is 18.0. The van der Waals surface area contributed by atoms with Gasteiger partial charge in [-0.15, -0.1) is 0 Å². The number of ether oxygens (including phenoxy) is 3. The Morgan fingerprint density at radius 2 is 2.16 bits per heavy atom. The molecule has 0 atom stereocenters. The van der Waals surface area contributed by atoms with Gasteiger partial charge in [-0.25, -0.2) is 0 Å². The van der Waals surface area contributed by atoms with Gasteiger partial charge in [-0.05, 0) is 6.07 Å². The molecule has 0 aliphatic carbocycles. The first-order valence-corrected chi connectivity index (χ1v) is 5.90. The summed E-state index contributed by atoms with van der Waals surface area (Å²) in [5, 5.41) is 13.4. The van der Waals surface area contributed by atoms with Crippen molar-refractivity contribution in [3.8, 4) is 17.2 Å². The molecule has 0 radical (unpaired) electrons. The summed E-state index contributed by atoms with van der Waals surface area (Å²) in [5.74, 6) is 1.87. The number of rotatable bonds is 4. The molecule has 1 aliphatic heterocycles. The van der Waals surface area contributed by atoms with Gasteiger partial charge < -0.3 is 19.3 Å². The maximum Gasteiger partial charge on any atom is 0.231 e. The van der Waals surface area contributed by atoms with Crippen molar-refractivity contribution in [1.29, 1.82) is 0 Å². The van der Waals surface area contributed by atoms with Crippen molar-refractivity contribution in [2.75, 3.05) is 6.79 Å². The molecule has 0 spiro atoms. The SMILES string of the molecule is Cn1cc(COc2cc3c(cc2CO)OCO3)cn1. The van der Waals surface area contributed by atoms with Gasteiger partial charge in [0.2, 0.25) is 6.79 Å². The van der Waals surface area contributed by atoms with Crippen molar-refractivity contribution >= 4 is 0 Å². The number of aryl methyl sites for hydroxylation is 1. The van der Waals surface area contributed by atoms with Crippen molar-refractivity contribution < 1.29 is 19.3 Å². The van der Waals surface area contributed by atoms with Crippen molar-refractivity contribution in [3.63, 3.8) is 0 Å². The molecule has 0 bridgehead atoms. The average molecular weight is 262 g/mol. The zero-order valence-electron chi connectivity index (χ0n) is 10.5. The van der Waals surface area contributed by atoms with Gasteiger partial charge in [0, 0.05) is 30.4 Å². The Kier molecular flexibility index (Phi) is 3.00. The minimum atomic E-state index is -0.112. The highest BCUT2D eigenvalue weighted by Crippen LogP contribution is 2.38. The van der Waals surface area contributed by atoms with Gasteiger partial charge in [-0.3, -0.25) is 4.68 Å². The Labute approximate surface area is 110 Å². The standard InChI is InChI=1S/C13H14N2O4/c1-15-5-9(4-14-15)7-17-11-3-13-12(18-8-19-13)2-10(11)6-16/h2-5,16H,6-8H2,1H3. The minimum absolute atomic E-state index is 0.112. The Morgan fingerprint density at radius 1 is 1.37 bits per heavy atom. The Bertz CT molecular complexity index is 594. The van der Waals surface area contributed by atoms with Crippen LogP contribution in [0.1, 0.15) is 11.1 Å². The first kappa shape index (κ1) is 11.9. The van der Waals surface area contributed by atoms with Crippen LogP contribution in [0.5, 0.6) is 17.2 Å². The van der Waals surface area contributed by atoms with Gasteiger partial charge >= 0.3 is 0 Å². The van der Waals surface area contributed by atoms with Gasteiger partial charge in [0.05, 0.1) is 12.8 Å². The smallest absolute Gasteiger partial charge is 0.231 e. The summed E-state index contributed by atoms with van der Waals surface area (Å²) in [6.45, 7) is 0.478. The van der Waals surface area contributed by atoms with Crippen molar-refractivity contribution in [2.24, 2.45) is 7.05 Å². The van der Waals surface area contributed by atoms with E-state index >= 15 is 0 Å². The summed E-state index contributed by atoms with van der Waals surface area (Å²) in [4.78, 5) is 0. The largest absolute Gasteiger partial charge is 0.488 e. The zero-order chi connectivity index (χ0) is 13.2. The predicted octanol–water partition coefficient (Wildman–Crippen LogP) is 1.22. The highest BCUT2D eigenvalue weighted by atomic mass is 16.7. The summed E-state index contributed by atoms with van der Waals surface area (Å²) in [5.41, 5.74) is 1.64. The molecule has 19 heavy (non-hydrogen) atoms. The third-order valence-electron chi connectivity index (χ3n) is 2.88. The Balaban J connectivity index is 1.80. The number of hydrogen-bond donors (Lipinski definition) is 1. The van der Waals surface area contributed by atoms with Crippen LogP contribution in [0, 0.1) is 0 Å². The average Bonchev–Trinajstić information content (AvgIpc) is 3.03. The van der Waals surface area contributed by atoms with Gasteiger partial charge in [0.25, 0.3) is 0 Å². The lowest BCUT2D eigenvalue weighted by molar-refractivity contribution is 0.173. The first-order valence-electron chi connectivity index (χ1n) is 5.90. The molecule has 0 saturated heterocycles. The molecule has 100 valence electrons. The lowest BCUT2D eigenvalue weighted by atomic mass is 10.2. The highest BCUT2D eigenvalue weighted by molar-refractivity contribution is 5.51. The molecule has 6 nitrogen and oxygen atoms in total. The fourth-order valence-electron chi connectivity index (χ4n) is 1.93. The van der Waals surface area contributed by atoms with Crippen LogP contribution in [0.25, 0.3) is 0 Å². The maximum absolute atomic E-state index is 9.36. The van der Waals surface area contributed by atoms with Crippen LogP contribution in [-0.4, -0.2) is 21.7 Å². The molecule has 0 unspecified atom stereocenters. The van der Waals surface area contributed by atoms with E-state index in [9.17, 15) is 5.11 Å². The number of nitrogens with zero attached hydrogens (tertiary/aromatic N) is 2. The molecule has 1 aromatic heterocycles. The summed E-state index contributed by atoms with van der Waals surface area (Å²) in [7, 11) is 1.85. The van der Waals surface area contributed by atoms with Crippen LogP contribution in [0.4, 0.5) is 0 Å². The molecule has 0 amide bonds. The molecule has 1 aromatic carbocycles. The summed E-state index contributed by atoms with van der Waals surface area (Å²) in [6.07, 6.45) is 3.62. The van der Waals surface area contributed by atoms with Gasteiger partial charge in [-0.1, -0.05) is 0 Å². The quantitative estimate of drug-likeness (QED) is 0.897. The number of fused-ring (bicyclic) bond motifs is 1. The minimum Gasteiger partial charge on any atom is -0.488 e.